The molecule has 3 aromatic rings. The predicted octanol–water partition coefficient (Wildman–Crippen LogP) is 3.46. The summed E-state index contributed by atoms with van der Waals surface area (Å²) in [6.45, 7) is 0.366. The van der Waals surface area contributed by atoms with Gasteiger partial charge in [0.05, 0.1) is 7.11 Å². The lowest BCUT2D eigenvalue weighted by Crippen LogP contribution is -2.23. The number of halogens is 1. The number of ether oxygens (including phenoxy) is 1. The lowest BCUT2D eigenvalue weighted by atomic mass is 10.0. The first-order valence-corrected chi connectivity index (χ1v) is 9.23. The third-order valence-corrected chi connectivity index (χ3v) is 4.67. The molecule has 6 nitrogen and oxygen atoms in total. The standard InChI is InChI=1S/C21H21ClN2O4/c1-28-18-10-14(3-2-8-25)9-16-19(18)23-12-17(20(16)26)21(27)24-11-13-4-6-15(22)7-5-13/h4-7,9-10,12,25H,2-3,8,11H2,1H3,(H,23,26)(H,24,27). The van der Waals surface area contributed by atoms with Gasteiger partial charge in [-0.1, -0.05) is 23.7 Å². The fourth-order valence-corrected chi connectivity index (χ4v) is 3.07. The zero-order valence-corrected chi connectivity index (χ0v) is 16.2. The molecule has 0 radical (unpaired) electrons. The third-order valence-electron chi connectivity index (χ3n) is 4.42. The second-order valence-corrected chi connectivity index (χ2v) is 6.79. The number of nitrogens with zero attached hydrogens (tertiary/aromatic N) is 1. The number of aromatic nitrogens is 1. The minimum Gasteiger partial charge on any atom is -0.506 e. The molecule has 2 aromatic carbocycles. The summed E-state index contributed by atoms with van der Waals surface area (Å²) < 4.78 is 5.37. The maximum atomic E-state index is 12.6. The van der Waals surface area contributed by atoms with Crippen LogP contribution in [0.25, 0.3) is 10.9 Å². The molecule has 7 heteroatoms. The Balaban J connectivity index is 1.89. The van der Waals surface area contributed by atoms with Crippen LogP contribution >= 0.6 is 11.6 Å². The average Bonchev–Trinajstić information content (AvgIpc) is 2.71. The average molecular weight is 401 g/mol. The van der Waals surface area contributed by atoms with E-state index in [-0.39, 0.29) is 17.9 Å². The summed E-state index contributed by atoms with van der Waals surface area (Å²) in [6.07, 6.45) is 2.55. The van der Waals surface area contributed by atoms with Crippen molar-refractivity contribution in [2.75, 3.05) is 13.7 Å². The number of nitrogens with one attached hydrogen (secondary N) is 1. The lowest BCUT2D eigenvalue weighted by Gasteiger charge is -2.12. The number of aliphatic hydroxyl groups excluding tert-OH is 1. The van der Waals surface area contributed by atoms with Gasteiger partial charge in [0.25, 0.3) is 5.91 Å². The smallest absolute Gasteiger partial charge is 0.256 e. The van der Waals surface area contributed by atoms with E-state index in [1.165, 1.54) is 13.3 Å². The first kappa shape index (κ1) is 19.9. The number of carbonyl (C=O) groups excluding carboxylic acids is 1. The van der Waals surface area contributed by atoms with Gasteiger partial charge in [-0.3, -0.25) is 9.78 Å². The minimum atomic E-state index is -0.429. The lowest BCUT2D eigenvalue weighted by molar-refractivity contribution is 0.0948. The van der Waals surface area contributed by atoms with Gasteiger partial charge in [-0.2, -0.15) is 0 Å². The van der Waals surface area contributed by atoms with Crippen molar-refractivity contribution in [2.24, 2.45) is 0 Å². The van der Waals surface area contributed by atoms with E-state index in [4.69, 9.17) is 21.4 Å². The van der Waals surface area contributed by atoms with Gasteiger partial charge < -0.3 is 20.3 Å². The molecular formula is C21H21ClN2O4. The number of aliphatic hydroxyl groups is 1. The summed E-state index contributed by atoms with van der Waals surface area (Å²) in [5.41, 5.74) is 2.33. The maximum absolute atomic E-state index is 12.6. The summed E-state index contributed by atoms with van der Waals surface area (Å²) >= 11 is 5.86. The van der Waals surface area contributed by atoms with Crippen LogP contribution in [0.3, 0.4) is 0 Å². The number of hydrogen-bond donors (Lipinski definition) is 3. The van der Waals surface area contributed by atoms with E-state index >= 15 is 0 Å². The van der Waals surface area contributed by atoms with Crippen molar-refractivity contribution in [1.82, 2.24) is 10.3 Å². The van der Waals surface area contributed by atoms with Crippen LogP contribution in [0.15, 0.2) is 42.6 Å². The van der Waals surface area contributed by atoms with Crippen molar-refractivity contribution in [3.63, 3.8) is 0 Å². The van der Waals surface area contributed by atoms with Gasteiger partial charge in [0.2, 0.25) is 0 Å². The van der Waals surface area contributed by atoms with E-state index in [2.05, 4.69) is 10.3 Å². The Bertz CT molecular complexity index is 990. The van der Waals surface area contributed by atoms with Gasteiger partial charge in [-0.05, 0) is 48.2 Å². The Morgan fingerprint density at radius 1 is 1.21 bits per heavy atom. The SMILES string of the molecule is COc1cc(CCCO)cc2c(O)c(C(=O)NCc3ccc(Cl)cc3)cnc12. The zero-order chi connectivity index (χ0) is 20.1. The number of hydrogen-bond acceptors (Lipinski definition) is 5. The molecule has 0 spiro atoms. The molecule has 0 saturated carbocycles. The highest BCUT2D eigenvalue weighted by Crippen LogP contribution is 2.34. The Labute approximate surface area is 167 Å². The van der Waals surface area contributed by atoms with E-state index in [0.29, 0.717) is 41.1 Å². The van der Waals surface area contributed by atoms with Crippen molar-refractivity contribution in [3.05, 3.63) is 64.3 Å². The van der Waals surface area contributed by atoms with Crippen molar-refractivity contribution in [1.29, 1.82) is 0 Å². The number of aryl methyl sites for hydroxylation is 1. The van der Waals surface area contributed by atoms with Gasteiger partial charge in [0.15, 0.2) is 0 Å². The normalized spacial score (nSPS) is 10.8. The molecule has 1 amide bonds. The van der Waals surface area contributed by atoms with Crippen LogP contribution in [0, 0.1) is 0 Å². The molecule has 0 atom stereocenters. The summed E-state index contributed by atoms with van der Waals surface area (Å²) in [7, 11) is 1.52. The maximum Gasteiger partial charge on any atom is 0.256 e. The van der Waals surface area contributed by atoms with E-state index in [9.17, 15) is 9.90 Å². The fourth-order valence-electron chi connectivity index (χ4n) is 2.94. The summed E-state index contributed by atoms with van der Waals surface area (Å²) in [5, 5.41) is 23.6. The third kappa shape index (κ3) is 4.35. The van der Waals surface area contributed by atoms with Gasteiger partial charge in [0, 0.05) is 29.8 Å². The highest BCUT2D eigenvalue weighted by Gasteiger charge is 2.17. The molecule has 0 fully saturated rings. The Hall–Kier alpha value is -2.83. The molecule has 0 saturated heterocycles. The number of rotatable bonds is 7. The highest BCUT2D eigenvalue weighted by atomic mass is 35.5. The monoisotopic (exact) mass is 400 g/mol. The molecule has 0 aliphatic carbocycles. The Morgan fingerprint density at radius 2 is 1.96 bits per heavy atom. The molecule has 0 aliphatic rings. The van der Waals surface area contributed by atoms with Crippen LogP contribution < -0.4 is 10.1 Å². The molecule has 0 aliphatic heterocycles. The largest absolute Gasteiger partial charge is 0.506 e. The van der Waals surface area contributed by atoms with Crippen LogP contribution in [-0.4, -0.2) is 34.8 Å². The van der Waals surface area contributed by atoms with E-state index < -0.39 is 5.91 Å². The van der Waals surface area contributed by atoms with Crippen LogP contribution in [0.5, 0.6) is 11.5 Å². The summed E-state index contributed by atoms with van der Waals surface area (Å²) in [5.74, 6) is -0.0711. The minimum absolute atomic E-state index is 0.0672. The molecule has 3 rings (SSSR count). The second kappa shape index (κ2) is 8.91. The van der Waals surface area contributed by atoms with Gasteiger partial charge in [-0.15, -0.1) is 0 Å². The Kier molecular flexibility index (Phi) is 6.34. The molecule has 1 heterocycles. The second-order valence-electron chi connectivity index (χ2n) is 6.35. The quantitative estimate of drug-likeness (QED) is 0.565. The van der Waals surface area contributed by atoms with Crippen LogP contribution in [0.1, 0.15) is 27.9 Å². The highest BCUT2D eigenvalue weighted by molar-refractivity contribution is 6.30. The van der Waals surface area contributed by atoms with Crippen molar-refractivity contribution in [2.45, 2.75) is 19.4 Å². The molecule has 1 aromatic heterocycles. The zero-order valence-electron chi connectivity index (χ0n) is 15.4. The first-order chi connectivity index (χ1) is 13.5. The van der Waals surface area contributed by atoms with Gasteiger partial charge in [0.1, 0.15) is 22.6 Å². The van der Waals surface area contributed by atoms with Crippen LogP contribution in [0.4, 0.5) is 0 Å². The number of aromatic hydroxyl groups is 1. The molecule has 146 valence electrons. The van der Waals surface area contributed by atoms with E-state index in [1.54, 1.807) is 18.2 Å². The molecule has 0 unspecified atom stereocenters. The number of methoxy groups -OCH3 is 1. The predicted molar refractivity (Wildman–Crippen MR) is 108 cm³/mol. The van der Waals surface area contributed by atoms with Crippen LogP contribution in [0.2, 0.25) is 5.02 Å². The molecular weight excluding hydrogens is 380 g/mol. The Morgan fingerprint density at radius 3 is 2.64 bits per heavy atom. The number of benzene rings is 2. The van der Waals surface area contributed by atoms with Crippen molar-refractivity contribution >= 4 is 28.4 Å². The van der Waals surface area contributed by atoms with Crippen molar-refractivity contribution < 1.29 is 19.7 Å². The van der Waals surface area contributed by atoms with E-state index in [1.807, 2.05) is 18.2 Å². The molecule has 28 heavy (non-hydrogen) atoms. The molecule has 3 N–H and O–H groups in total. The van der Waals surface area contributed by atoms with E-state index in [0.717, 1.165) is 11.1 Å². The molecule has 0 bridgehead atoms. The number of carbonyl (C=O) groups is 1. The van der Waals surface area contributed by atoms with Crippen LogP contribution in [-0.2, 0) is 13.0 Å². The topological polar surface area (TPSA) is 91.7 Å². The van der Waals surface area contributed by atoms with Crippen molar-refractivity contribution in [3.8, 4) is 11.5 Å². The van der Waals surface area contributed by atoms with Gasteiger partial charge >= 0.3 is 0 Å². The number of amides is 1. The summed E-state index contributed by atoms with van der Waals surface area (Å²) in [4.78, 5) is 16.9. The fraction of sp³-hybridized carbons (Fsp3) is 0.238. The number of fused-ring (bicyclic) bond motifs is 1. The van der Waals surface area contributed by atoms with Gasteiger partial charge in [-0.25, -0.2) is 0 Å². The summed E-state index contributed by atoms with van der Waals surface area (Å²) in [6, 6.07) is 10.7. The number of pyridine rings is 1. The first-order valence-electron chi connectivity index (χ1n) is 8.85.